The molecule has 1 amide bonds. The van der Waals surface area contributed by atoms with Crippen molar-refractivity contribution in [3.63, 3.8) is 0 Å². The molecule has 3 fully saturated rings. The van der Waals surface area contributed by atoms with Crippen molar-refractivity contribution in [1.82, 2.24) is 4.90 Å². The molecule has 18 heavy (non-hydrogen) atoms. The molecule has 0 aromatic carbocycles. The molecule has 0 saturated carbocycles. The van der Waals surface area contributed by atoms with Crippen LogP contribution < -0.4 is 0 Å². The highest BCUT2D eigenvalue weighted by atomic mass is 16.8. The molecule has 1 N–H and O–H groups in total. The fraction of sp³-hybridized carbons (Fsp3) is 0.909. The highest BCUT2D eigenvalue weighted by Crippen LogP contribution is 2.40. The Bertz CT molecular complexity index is 386. The van der Waals surface area contributed by atoms with Gasteiger partial charge in [-0.15, -0.1) is 0 Å². The molecule has 0 aromatic rings. The van der Waals surface area contributed by atoms with Gasteiger partial charge in [0.1, 0.15) is 12.2 Å². The third kappa shape index (κ3) is 1.62. The normalized spacial score (nSPS) is 46.3. The average Bonchev–Trinajstić information content (AvgIpc) is 2.73. The number of hydrogen-bond donors (Lipinski definition) is 1. The summed E-state index contributed by atoms with van der Waals surface area (Å²) in [6.07, 6.45) is -2.46. The van der Waals surface area contributed by atoms with Crippen LogP contribution in [0.5, 0.6) is 0 Å². The summed E-state index contributed by atoms with van der Waals surface area (Å²) in [6, 6.07) is 0. The van der Waals surface area contributed by atoms with Crippen LogP contribution in [0.2, 0.25) is 0 Å². The summed E-state index contributed by atoms with van der Waals surface area (Å²) >= 11 is 0. The average molecular weight is 259 g/mol. The van der Waals surface area contributed by atoms with Crippen LogP contribution in [0.1, 0.15) is 13.8 Å². The number of rotatable bonds is 0. The molecule has 0 aliphatic carbocycles. The fourth-order valence-electron chi connectivity index (χ4n) is 2.70. The van der Waals surface area contributed by atoms with Crippen LogP contribution in [0, 0.1) is 0 Å². The zero-order chi connectivity index (χ0) is 13.1. The Hall–Kier alpha value is -0.890. The number of aliphatic hydroxyl groups is 1. The zero-order valence-electron chi connectivity index (χ0n) is 10.6. The molecule has 4 atom stereocenters. The monoisotopic (exact) mass is 259 g/mol. The Labute approximate surface area is 105 Å². The van der Waals surface area contributed by atoms with Gasteiger partial charge >= 0.3 is 6.09 Å². The van der Waals surface area contributed by atoms with E-state index in [1.807, 2.05) is 0 Å². The number of carbonyl (C=O) groups is 1. The van der Waals surface area contributed by atoms with E-state index in [1.165, 1.54) is 4.90 Å². The summed E-state index contributed by atoms with van der Waals surface area (Å²) in [5.74, 6) is -2.10. The Morgan fingerprint density at radius 1 is 1.39 bits per heavy atom. The number of aliphatic hydroxyl groups excluding tert-OH is 1. The van der Waals surface area contributed by atoms with Gasteiger partial charge in [-0.25, -0.2) is 4.79 Å². The topological polar surface area (TPSA) is 77.5 Å². The molecule has 0 bridgehead atoms. The van der Waals surface area contributed by atoms with Crippen molar-refractivity contribution in [2.75, 3.05) is 20.2 Å². The molecule has 0 radical (unpaired) electrons. The number of fused-ring (bicyclic) bond motifs is 1. The third-order valence-corrected chi connectivity index (χ3v) is 3.50. The van der Waals surface area contributed by atoms with Crippen LogP contribution in [0.4, 0.5) is 4.79 Å². The van der Waals surface area contributed by atoms with Gasteiger partial charge in [0.2, 0.25) is 0 Å². The minimum Gasteiger partial charge on any atom is -0.412 e. The van der Waals surface area contributed by atoms with Crippen LogP contribution in [-0.4, -0.2) is 66.2 Å². The highest BCUT2D eigenvalue weighted by molar-refractivity contribution is 5.70. The Kier molecular flexibility index (Phi) is 2.41. The second-order valence-corrected chi connectivity index (χ2v) is 5.43. The van der Waals surface area contributed by atoms with E-state index < -0.39 is 29.9 Å². The van der Waals surface area contributed by atoms with Gasteiger partial charge < -0.3 is 29.0 Å². The number of amides is 1. The van der Waals surface area contributed by atoms with E-state index in [1.54, 1.807) is 20.9 Å². The Balaban J connectivity index is 1.83. The summed E-state index contributed by atoms with van der Waals surface area (Å²) in [5, 5.41) is 10.4. The highest BCUT2D eigenvalue weighted by Gasteiger charge is 2.62. The molecule has 0 unspecified atom stereocenters. The largest absolute Gasteiger partial charge is 0.412 e. The molecular weight excluding hydrogens is 242 g/mol. The van der Waals surface area contributed by atoms with E-state index in [-0.39, 0.29) is 19.3 Å². The van der Waals surface area contributed by atoms with Crippen LogP contribution in [-0.2, 0) is 18.9 Å². The van der Waals surface area contributed by atoms with Crippen molar-refractivity contribution in [1.29, 1.82) is 0 Å². The van der Waals surface area contributed by atoms with Gasteiger partial charge in [-0.1, -0.05) is 0 Å². The van der Waals surface area contributed by atoms with E-state index >= 15 is 0 Å². The quantitative estimate of drug-likeness (QED) is 0.642. The molecule has 7 nitrogen and oxygen atoms in total. The van der Waals surface area contributed by atoms with E-state index in [0.29, 0.717) is 0 Å². The van der Waals surface area contributed by atoms with E-state index in [4.69, 9.17) is 18.9 Å². The SMILES string of the molecule is CN1C[C@]2(OC[C@H]3OC(C)(C)O[C@H]3[C@@H]2O)OC1=O. The second-order valence-electron chi connectivity index (χ2n) is 5.43. The molecule has 3 heterocycles. The van der Waals surface area contributed by atoms with Crippen molar-refractivity contribution in [2.45, 2.75) is 43.7 Å². The number of carbonyl (C=O) groups excluding carboxylic acids is 1. The van der Waals surface area contributed by atoms with Crippen molar-refractivity contribution in [3.8, 4) is 0 Å². The lowest BCUT2D eigenvalue weighted by molar-refractivity contribution is -0.287. The first-order valence-electron chi connectivity index (χ1n) is 5.95. The minimum absolute atomic E-state index is 0.181. The molecule has 3 aliphatic rings. The summed E-state index contributed by atoms with van der Waals surface area (Å²) in [7, 11) is 1.59. The summed E-state index contributed by atoms with van der Waals surface area (Å²) < 4.78 is 22.0. The van der Waals surface area contributed by atoms with Crippen molar-refractivity contribution >= 4 is 6.09 Å². The van der Waals surface area contributed by atoms with Gasteiger partial charge in [0.15, 0.2) is 11.9 Å². The summed E-state index contributed by atoms with van der Waals surface area (Å²) in [6.45, 7) is 3.96. The van der Waals surface area contributed by atoms with E-state index in [2.05, 4.69) is 0 Å². The van der Waals surface area contributed by atoms with Crippen molar-refractivity contribution < 1.29 is 28.8 Å². The van der Waals surface area contributed by atoms with Gasteiger partial charge in [-0.2, -0.15) is 0 Å². The maximum atomic E-state index is 11.5. The van der Waals surface area contributed by atoms with Gasteiger partial charge in [0, 0.05) is 7.05 Å². The van der Waals surface area contributed by atoms with Crippen LogP contribution in [0.15, 0.2) is 0 Å². The summed E-state index contributed by atoms with van der Waals surface area (Å²) in [5.41, 5.74) is 0. The lowest BCUT2D eigenvalue weighted by Crippen LogP contribution is -2.61. The molecule has 3 aliphatic heterocycles. The molecule has 0 aromatic heterocycles. The van der Waals surface area contributed by atoms with Gasteiger partial charge in [-0.3, -0.25) is 0 Å². The van der Waals surface area contributed by atoms with Gasteiger partial charge in [0.25, 0.3) is 5.79 Å². The number of ether oxygens (including phenoxy) is 4. The molecule has 102 valence electrons. The second kappa shape index (κ2) is 3.57. The first-order chi connectivity index (χ1) is 8.33. The molecule has 3 saturated heterocycles. The molecular formula is C11H17NO6. The molecule has 3 rings (SSSR count). The van der Waals surface area contributed by atoms with Crippen LogP contribution in [0.3, 0.4) is 0 Å². The fourth-order valence-corrected chi connectivity index (χ4v) is 2.70. The maximum Gasteiger partial charge on any atom is 0.412 e. The molecule has 1 spiro atoms. The maximum absolute atomic E-state index is 11.5. The van der Waals surface area contributed by atoms with E-state index in [0.717, 1.165) is 0 Å². The number of hydrogen-bond acceptors (Lipinski definition) is 6. The minimum atomic E-state index is -1.34. The molecule has 7 heteroatoms. The summed E-state index contributed by atoms with van der Waals surface area (Å²) in [4.78, 5) is 12.8. The van der Waals surface area contributed by atoms with Crippen molar-refractivity contribution in [3.05, 3.63) is 0 Å². The predicted molar refractivity (Wildman–Crippen MR) is 57.6 cm³/mol. The van der Waals surface area contributed by atoms with Crippen LogP contribution in [0.25, 0.3) is 0 Å². The number of nitrogens with zero attached hydrogens (tertiary/aromatic N) is 1. The smallest absolute Gasteiger partial charge is 0.412 e. The Morgan fingerprint density at radius 3 is 2.72 bits per heavy atom. The van der Waals surface area contributed by atoms with E-state index in [9.17, 15) is 9.90 Å². The standard InChI is InChI=1S/C11H17NO6/c1-10(2)16-6-4-15-11(8(13)7(6)17-10)5-12(3)9(14)18-11/h6-8,13H,4-5H2,1-3H3/t6-,7-,8+,11+/m1/s1. The Morgan fingerprint density at radius 2 is 2.11 bits per heavy atom. The lowest BCUT2D eigenvalue weighted by atomic mass is 9.97. The predicted octanol–water partition coefficient (Wildman–Crippen LogP) is -0.324. The third-order valence-electron chi connectivity index (χ3n) is 3.50. The van der Waals surface area contributed by atoms with Crippen LogP contribution >= 0.6 is 0 Å². The first-order valence-corrected chi connectivity index (χ1v) is 5.95. The number of likely N-dealkylation sites (N-methyl/N-ethyl adjacent to an activating group) is 1. The van der Waals surface area contributed by atoms with Gasteiger partial charge in [-0.05, 0) is 13.8 Å². The zero-order valence-corrected chi connectivity index (χ0v) is 10.6. The van der Waals surface area contributed by atoms with Gasteiger partial charge in [0.05, 0.1) is 13.2 Å². The first kappa shape index (κ1) is 12.2. The lowest BCUT2D eigenvalue weighted by Gasteiger charge is -2.40. The van der Waals surface area contributed by atoms with Crippen molar-refractivity contribution in [2.24, 2.45) is 0 Å².